The quantitative estimate of drug-likeness (QED) is 0.857. The van der Waals surface area contributed by atoms with Crippen LogP contribution in [0.1, 0.15) is 18.4 Å². The summed E-state index contributed by atoms with van der Waals surface area (Å²) in [5.74, 6) is 0.801. The van der Waals surface area contributed by atoms with Crippen LogP contribution < -0.4 is 10.1 Å². The van der Waals surface area contributed by atoms with Gasteiger partial charge in [-0.25, -0.2) is 0 Å². The summed E-state index contributed by atoms with van der Waals surface area (Å²) in [5.41, 5.74) is 0.903. The molecular formula is C15H18BrNO3. The van der Waals surface area contributed by atoms with Crippen molar-refractivity contribution in [2.75, 3.05) is 18.5 Å². The Morgan fingerprint density at radius 3 is 2.80 bits per heavy atom. The molecule has 1 saturated heterocycles. The minimum absolute atomic E-state index is 0.0254. The number of carbonyl (C=O) groups is 1. The van der Waals surface area contributed by atoms with Crippen molar-refractivity contribution in [2.45, 2.75) is 30.9 Å². The van der Waals surface area contributed by atoms with E-state index < -0.39 is 6.10 Å². The number of carbonyl (C=O) groups excluding carboxylic acids is 1. The minimum atomic E-state index is -0.411. The van der Waals surface area contributed by atoms with Crippen LogP contribution in [0.2, 0.25) is 0 Å². The molecular weight excluding hydrogens is 322 g/mol. The number of halogens is 1. The van der Waals surface area contributed by atoms with Crippen LogP contribution in [0, 0.1) is 0 Å². The van der Waals surface area contributed by atoms with E-state index in [4.69, 9.17) is 9.47 Å². The van der Waals surface area contributed by atoms with Crippen LogP contribution in [0.3, 0.4) is 0 Å². The molecule has 2 aliphatic heterocycles. The standard InChI is InChI=1S/C15H18BrNO3/c16-10-15(5-7-19-8-6-15)17-14(18)13-9-11-3-1-2-4-12(11)20-13/h1-4,13H,5-10H2,(H,17,18). The molecule has 1 unspecified atom stereocenters. The van der Waals surface area contributed by atoms with Crippen molar-refractivity contribution in [1.29, 1.82) is 0 Å². The Morgan fingerprint density at radius 1 is 1.35 bits per heavy atom. The summed E-state index contributed by atoms with van der Waals surface area (Å²) in [4.78, 5) is 12.4. The molecule has 1 amide bonds. The molecule has 1 aromatic rings. The zero-order chi connectivity index (χ0) is 14.0. The molecule has 0 radical (unpaired) electrons. The second-order valence-corrected chi connectivity index (χ2v) is 5.99. The highest BCUT2D eigenvalue weighted by Crippen LogP contribution is 2.29. The van der Waals surface area contributed by atoms with Gasteiger partial charge in [0.05, 0.1) is 5.54 Å². The Balaban J connectivity index is 1.66. The highest BCUT2D eigenvalue weighted by molar-refractivity contribution is 9.09. The Morgan fingerprint density at radius 2 is 2.10 bits per heavy atom. The second-order valence-electron chi connectivity index (χ2n) is 5.43. The zero-order valence-electron chi connectivity index (χ0n) is 11.2. The van der Waals surface area contributed by atoms with Gasteiger partial charge in [0.2, 0.25) is 0 Å². The van der Waals surface area contributed by atoms with Gasteiger partial charge >= 0.3 is 0 Å². The molecule has 2 heterocycles. The Bertz CT molecular complexity index is 475. The largest absolute Gasteiger partial charge is 0.480 e. The van der Waals surface area contributed by atoms with Crippen LogP contribution in [0.25, 0.3) is 0 Å². The minimum Gasteiger partial charge on any atom is -0.480 e. The van der Waals surface area contributed by atoms with E-state index in [0.717, 1.165) is 29.5 Å². The molecule has 4 nitrogen and oxygen atoms in total. The third kappa shape index (κ3) is 2.69. The third-order valence-corrected chi connectivity index (χ3v) is 5.11. The number of benzene rings is 1. The van der Waals surface area contributed by atoms with Gasteiger partial charge in [-0.2, -0.15) is 0 Å². The lowest BCUT2D eigenvalue weighted by atomic mass is 9.92. The van der Waals surface area contributed by atoms with Crippen LogP contribution >= 0.6 is 15.9 Å². The molecule has 0 aromatic heterocycles. The van der Waals surface area contributed by atoms with Crippen LogP contribution in [0.5, 0.6) is 5.75 Å². The van der Waals surface area contributed by atoms with Gasteiger partial charge in [-0.1, -0.05) is 34.1 Å². The molecule has 0 aliphatic carbocycles. The molecule has 1 N–H and O–H groups in total. The molecule has 1 aromatic carbocycles. The summed E-state index contributed by atoms with van der Waals surface area (Å²) in [6, 6.07) is 7.83. The first kappa shape index (κ1) is 13.9. The summed E-state index contributed by atoms with van der Waals surface area (Å²) < 4.78 is 11.1. The van der Waals surface area contributed by atoms with E-state index in [1.807, 2.05) is 24.3 Å². The fourth-order valence-electron chi connectivity index (χ4n) is 2.72. The van der Waals surface area contributed by atoms with Gasteiger partial charge in [-0.3, -0.25) is 4.79 Å². The van der Waals surface area contributed by atoms with E-state index in [9.17, 15) is 4.79 Å². The first-order chi connectivity index (χ1) is 9.72. The number of hydrogen-bond donors (Lipinski definition) is 1. The molecule has 3 rings (SSSR count). The molecule has 5 heteroatoms. The maximum Gasteiger partial charge on any atom is 0.261 e. The van der Waals surface area contributed by atoms with Crippen molar-refractivity contribution in [3.63, 3.8) is 0 Å². The Kier molecular flexibility index (Phi) is 3.98. The van der Waals surface area contributed by atoms with Crippen LogP contribution in [-0.2, 0) is 16.0 Å². The first-order valence-corrected chi connectivity index (χ1v) is 8.05. The van der Waals surface area contributed by atoms with Gasteiger partial charge in [-0.15, -0.1) is 0 Å². The maximum absolute atomic E-state index is 12.4. The van der Waals surface area contributed by atoms with Crippen molar-refractivity contribution in [3.8, 4) is 5.75 Å². The number of rotatable bonds is 3. The molecule has 20 heavy (non-hydrogen) atoms. The topological polar surface area (TPSA) is 47.6 Å². The number of para-hydroxylation sites is 1. The number of fused-ring (bicyclic) bond motifs is 1. The van der Waals surface area contributed by atoms with Crippen molar-refractivity contribution >= 4 is 21.8 Å². The monoisotopic (exact) mass is 339 g/mol. The van der Waals surface area contributed by atoms with Crippen molar-refractivity contribution in [1.82, 2.24) is 5.32 Å². The van der Waals surface area contributed by atoms with Crippen LogP contribution in [-0.4, -0.2) is 36.1 Å². The zero-order valence-corrected chi connectivity index (χ0v) is 12.8. The summed E-state index contributed by atoms with van der Waals surface area (Å²) >= 11 is 3.52. The van der Waals surface area contributed by atoms with Gasteiger partial charge in [0.15, 0.2) is 6.10 Å². The van der Waals surface area contributed by atoms with Gasteiger partial charge < -0.3 is 14.8 Å². The maximum atomic E-state index is 12.4. The van der Waals surface area contributed by atoms with E-state index in [1.54, 1.807) is 0 Å². The van der Waals surface area contributed by atoms with Gasteiger partial charge in [0.1, 0.15) is 5.75 Å². The predicted molar refractivity (Wildman–Crippen MR) is 79.3 cm³/mol. The SMILES string of the molecule is O=C(NC1(CBr)CCOCC1)C1Cc2ccccc2O1. The molecule has 0 saturated carbocycles. The van der Waals surface area contributed by atoms with Crippen LogP contribution in [0.4, 0.5) is 0 Å². The normalized spacial score (nSPS) is 23.8. The van der Waals surface area contributed by atoms with E-state index >= 15 is 0 Å². The number of alkyl halides is 1. The van der Waals surface area contributed by atoms with E-state index in [2.05, 4.69) is 21.2 Å². The average Bonchev–Trinajstić information content (AvgIpc) is 2.92. The predicted octanol–water partition coefficient (Wildman–Crippen LogP) is 2.05. The van der Waals surface area contributed by atoms with Gasteiger partial charge in [0.25, 0.3) is 5.91 Å². The highest BCUT2D eigenvalue weighted by Gasteiger charge is 2.37. The van der Waals surface area contributed by atoms with Gasteiger partial charge in [-0.05, 0) is 24.5 Å². The average molecular weight is 340 g/mol. The third-order valence-electron chi connectivity index (χ3n) is 4.03. The second kappa shape index (κ2) is 5.74. The van der Waals surface area contributed by atoms with Crippen molar-refractivity contribution in [3.05, 3.63) is 29.8 Å². The molecule has 1 fully saturated rings. The van der Waals surface area contributed by atoms with E-state index in [-0.39, 0.29) is 11.4 Å². The van der Waals surface area contributed by atoms with E-state index in [1.165, 1.54) is 0 Å². The first-order valence-electron chi connectivity index (χ1n) is 6.93. The summed E-state index contributed by atoms with van der Waals surface area (Å²) in [6.07, 6.45) is 1.91. The van der Waals surface area contributed by atoms with Gasteiger partial charge in [0, 0.05) is 25.0 Å². The lowest BCUT2D eigenvalue weighted by Crippen LogP contribution is -2.56. The van der Waals surface area contributed by atoms with Crippen LogP contribution in [0.15, 0.2) is 24.3 Å². The fourth-order valence-corrected chi connectivity index (χ4v) is 3.43. The number of ether oxygens (including phenoxy) is 2. The number of nitrogens with one attached hydrogen (secondary N) is 1. The molecule has 0 bridgehead atoms. The molecule has 0 spiro atoms. The smallest absolute Gasteiger partial charge is 0.261 e. The molecule has 2 aliphatic rings. The number of hydrogen-bond acceptors (Lipinski definition) is 3. The van der Waals surface area contributed by atoms with Crippen molar-refractivity contribution < 1.29 is 14.3 Å². The van der Waals surface area contributed by atoms with Crippen molar-refractivity contribution in [2.24, 2.45) is 0 Å². The Hall–Kier alpha value is -1.07. The van der Waals surface area contributed by atoms with E-state index in [0.29, 0.717) is 19.6 Å². The molecule has 1 atom stereocenters. The molecule has 108 valence electrons. The summed E-state index contributed by atoms with van der Waals surface area (Å²) in [7, 11) is 0. The highest BCUT2D eigenvalue weighted by atomic mass is 79.9. The Labute approximate surface area is 127 Å². The number of amides is 1. The lowest BCUT2D eigenvalue weighted by Gasteiger charge is -2.37. The fraction of sp³-hybridized carbons (Fsp3) is 0.533. The lowest BCUT2D eigenvalue weighted by molar-refractivity contribution is -0.130. The summed E-state index contributed by atoms with van der Waals surface area (Å²) in [6.45, 7) is 1.38. The summed E-state index contributed by atoms with van der Waals surface area (Å²) in [5, 5.41) is 3.91.